The third-order valence-electron chi connectivity index (χ3n) is 2.77. The Bertz CT molecular complexity index is 435. The van der Waals surface area contributed by atoms with E-state index in [0.29, 0.717) is 17.7 Å². The number of phenolic OH excluding ortho intramolecular Hbond substituents is 1. The molecule has 0 aliphatic heterocycles. The predicted octanol–water partition coefficient (Wildman–Crippen LogP) is 2.36. The molecule has 0 unspecified atom stereocenters. The van der Waals surface area contributed by atoms with Crippen molar-refractivity contribution in [3.05, 3.63) is 23.3 Å². The Morgan fingerprint density at radius 3 is 2.47 bits per heavy atom. The topological polar surface area (TPSA) is 66.8 Å². The van der Waals surface area contributed by atoms with Crippen LogP contribution in [-0.4, -0.2) is 23.3 Å². The molecule has 0 saturated carbocycles. The van der Waals surface area contributed by atoms with Crippen LogP contribution < -0.4 is 4.74 Å². The number of carboxylic acid groups (broad SMARTS) is 1. The fourth-order valence-corrected chi connectivity index (χ4v) is 1.66. The number of aliphatic carboxylic acids is 1. The number of aryl methyl sites for hydroxylation is 1. The van der Waals surface area contributed by atoms with Gasteiger partial charge in [0.2, 0.25) is 0 Å². The first-order chi connectivity index (χ1) is 7.77. The molecule has 2 N–H and O–H groups in total. The zero-order chi connectivity index (χ0) is 13.2. The standard InChI is InChI=1S/C13H18O4/c1-8-5-9(6-10(17-4)11(8)14)7-13(2,3)12(15)16/h5-6,14H,7H2,1-4H3,(H,15,16). The van der Waals surface area contributed by atoms with E-state index in [0.717, 1.165) is 5.56 Å². The van der Waals surface area contributed by atoms with Crippen LogP contribution in [0.5, 0.6) is 11.5 Å². The molecule has 1 aromatic carbocycles. The lowest BCUT2D eigenvalue weighted by molar-refractivity contribution is -0.146. The summed E-state index contributed by atoms with van der Waals surface area (Å²) in [7, 11) is 1.47. The molecule has 0 aromatic heterocycles. The van der Waals surface area contributed by atoms with Crippen molar-refractivity contribution in [3.63, 3.8) is 0 Å². The van der Waals surface area contributed by atoms with Gasteiger partial charge in [-0.25, -0.2) is 0 Å². The molecule has 17 heavy (non-hydrogen) atoms. The first-order valence-corrected chi connectivity index (χ1v) is 5.38. The molecule has 0 aliphatic rings. The summed E-state index contributed by atoms with van der Waals surface area (Å²) in [5.41, 5.74) is 0.680. The quantitative estimate of drug-likeness (QED) is 0.845. The smallest absolute Gasteiger partial charge is 0.309 e. The summed E-state index contributed by atoms with van der Waals surface area (Å²) in [6.07, 6.45) is 0.389. The van der Waals surface area contributed by atoms with E-state index in [2.05, 4.69) is 0 Å². The van der Waals surface area contributed by atoms with E-state index in [1.807, 2.05) is 0 Å². The molecule has 0 fully saturated rings. The van der Waals surface area contributed by atoms with Crippen LogP contribution in [0.1, 0.15) is 25.0 Å². The third-order valence-corrected chi connectivity index (χ3v) is 2.77. The minimum absolute atomic E-state index is 0.101. The highest BCUT2D eigenvalue weighted by atomic mass is 16.5. The number of ether oxygens (including phenoxy) is 1. The molecule has 0 radical (unpaired) electrons. The molecular formula is C13H18O4. The van der Waals surface area contributed by atoms with E-state index >= 15 is 0 Å². The van der Waals surface area contributed by atoms with Crippen LogP contribution in [0, 0.1) is 12.3 Å². The molecule has 4 nitrogen and oxygen atoms in total. The summed E-state index contributed by atoms with van der Waals surface area (Å²) in [4.78, 5) is 11.1. The van der Waals surface area contributed by atoms with Crippen LogP contribution in [0.3, 0.4) is 0 Å². The monoisotopic (exact) mass is 238 g/mol. The van der Waals surface area contributed by atoms with Gasteiger partial charge in [0.05, 0.1) is 12.5 Å². The fraction of sp³-hybridized carbons (Fsp3) is 0.462. The summed E-state index contributed by atoms with van der Waals surface area (Å²) in [5.74, 6) is -0.368. The first-order valence-electron chi connectivity index (χ1n) is 5.38. The minimum atomic E-state index is -0.845. The number of hydrogen-bond donors (Lipinski definition) is 2. The van der Waals surface area contributed by atoms with Gasteiger partial charge in [-0.2, -0.15) is 0 Å². The van der Waals surface area contributed by atoms with E-state index in [-0.39, 0.29) is 5.75 Å². The molecule has 0 heterocycles. The Balaban J connectivity index is 3.09. The fourth-order valence-electron chi connectivity index (χ4n) is 1.66. The number of carboxylic acids is 1. The number of rotatable bonds is 4. The zero-order valence-corrected chi connectivity index (χ0v) is 10.6. The maximum absolute atomic E-state index is 11.1. The van der Waals surface area contributed by atoms with Crippen molar-refractivity contribution in [2.24, 2.45) is 5.41 Å². The lowest BCUT2D eigenvalue weighted by Gasteiger charge is -2.20. The average molecular weight is 238 g/mol. The van der Waals surface area contributed by atoms with Crippen LogP contribution in [0.15, 0.2) is 12.1 Å². The second-order valence-electron chi connectivity index (χ2n) is 4.83. The van der Waals surface area contributed by atoms with Crippen molar-refractivity contribution in [1.82, 2.24) is 0 Å². The van der Waals surface area contributed by atoms with Crippen molar-refractivity contribution in [2.75, 3.05) is 7.11 Å². The molecule has 0 amide bonds. The summed E-state index contributed by atoms with van der Waals surface area (Å²) in [5, 5.41) is 18.8. The van der Waals surface area contributed by atoms with Gasteiger partial charge in [-0.1, -0.05) is 6.07 Å². The summed E-state index contributed by atoms with van der Waals surface area (Å²) in [6, 6.07) is 3.45. The van der Waals surface area contributed by atoms with Crippen LogP contribution in [0.4, 0.5) is 0 Å². The Morgan fingerprint density at radius 2 is 2.00 bits per heavy atom. The molecule has 1 aromatic rings. The van der Waals surface area contributed by atoms with Gasteiger partial charge < -0.3 is 14.9 Å². The van der Waals surface area contributed by atoms with Gasteiger partial charge in [0.1, 0.15) is 0 Å². The molecular weight excluding hydrogens is 220 g/mol. The van der Waals surface area contributed by atoms with Crippen molar-refractivity contribution in [1.29, 1.82) is 0 Å². The van der Waals surface area contributed by atoms with Crippen molar-refractivity contribution in [3.8, 4) is 11.5 Å². The summed E-state index contributed by atoms with van der Waals surface area (Å²) in [6.45, 7) is 5.10. The maximum Gasteiger partial charge on any atom is 0.309 e. The van der Waals surface area contributed by atoms with Gasteiger partial charge in [-0.05, 0) is 44.4 Å². The second-order valence-corrected chi connectivity index (χ2v) is 4.83. The van der Waals surface area contributed by atoms with Gasteiger partial charge in [0.15, 0.2) is 11.5 Å². The summed E-state index contributed by atoms with van der Waals surface area (Å²) >= 11 is 0. The van der Waals surface area contributed by atoms with E-state index in [4.69, 9.17) is 9.84 Å². The normalized spacial score (nSPS) is 11.3. The lowest BCUT2D eigenvalue weighted by atomic mass is 9.85. The van der Waals surface area contributed by atoms with E-state index < -0.39 is 11.4 Å². The third kappa shape index (κ3) is 2.90. The second kappa shape index (κ2) is 4.65. The highest BCUT2D eigenvalue weighted by Crippen LogP contribution is 2.33. The molecule has 0 saturated heterocycles. The highest BCUT2D eigenvalue weighted by molar-refractivity contribution is 5.74. The van der Waals surface area contributed by atoms with Gasteiger partial charge in [-0.15, -0.1) is 0 Å². The van der Waals surface area contributed by atoms with E-state index in [1.165, 1.54) is 7.11 Å². The molecule has 0 aliphatic carbocycles. The molecule has 94 valence electrons. The number of hydrogen-bond acceptors (Lipinski definition) is 3. The molecule has 1 rings (SSSR count). The van der Waals surface area contributed by atoms with E-state index in [1.54, 1.807) is 32.9 Å². The predicted molar refractivity (Wildman–Crippen MR) is 64.5 cm³/mol. The molecule has 4 heteroatoms. The van der Waals surface area contributed by atoms with Gasteiger partial charge >= 0.3 is 5.97 Å². The number of methoxy groups -OCH3 is 1. The average Bonchev–Trinajstić information content (AvgIpc) is 2.22. The number of benzene rings is 1. The first kappa shape index (κ1) is 13.4. The molecule has 0 atom stereocenters. The number of aromatic hydroxyl groups is 1. The molecule has 0 bridgehead atoms. The van der Waals surface area contributed by atoms with Gasteiger partial charge in [0, 0.05) is 0 Å². The number of carbonyl (C=O) groups is 1. The Labute approximate surface area is 101 Å². The maximum atomic E-state index is 11.1. The van der Waals surface area contributed by atoms with Crippen LogP contribution >= 0.6 is 0 Å². The zero-order valence-electron chi connectivity index (χ0n) is 10.6. The van der Waals surface area contributed by atoms with Gasteiger partial charge in [-0.3, -0.25) is 4.79 Å². The van der Waals surface area contributed by atoms with Crippen LogP contribution in [0.2, 0.25) is 0 Å². The minimum Gasteiger partial charge on any atom is -0.504 e. The Kier molecular flexibility index (Phi) is 3.66. The van der Waals surface area contributed by atoms with Crippen molar-refractivity contribution in [2.45, 2.75) is 27.2 Å². The Morgan fingerprint density at radius 1 is 1.41 bits per heavy atom. The largest absolute Gasteiger partial charge is 0.504 e. The lowest BCUT2D eigenvalue weighted by Crippen LogP contribution is -2.26. The van der Waals surface area contributed by atoms with E-state index in [9.17, 15) is 9.90 Å². The summed E-state index contributed by atoms with van der Waals surface area (Å²) < 4.78 is 5.04. The highest BCUT2D eigenvalue weighted by Gasteiger charge is 2.27. The number of phenols is 1. The van der Waals surface area contributed by atoms with Crippen molar-refractivity contribution < 1.29 is 19.7 Å². The Hall–Kier alpha value is -1.71. The van der Waals surface area contributed by atoms with Crippen LogP contribution in [-0.2, 0) is 11.2 Å². The molecule has 0 spiro atoms. The van der Waals surface area contributed by atoms with Crippen LogP contribution in [0.25, 0.3) is 0 Å². The van der Waals surface area contributed by atoms with Gasteiger partial charge in [0.25, 0.3) is 0 Å². The SMILES string of the molecule is COc1cc(CC(C)(C)C(=O)O)cc(C)c1O. The van der Waals surface area contributed by atoms with Crippen molar-refractivity contribution >= 4 is 5.97 Å².